The maximum absolute atomic E-state index is 13.7. The van der Waals surface area contributed by atoms with Crippen LogP contribution in [0, 0.1) is 11.6 Å². The van der Waals surface area contributed by atoms with Gasteiger partial charge in [-0.15, -0.1) is 19.0 Å². The van der Waals surface area contributed by atoms with E-state index < -0.39 is 17.7 Å². The molecule has 1 aromatic rings. The Morgan fingerprint density at radius 3 is 2.28 bits per heavy atom. The molecule has 2 nitrogen and oxygen atoms in total. The van der Waals surface area contributed by atoms with E-state index in [4.69, 9.17) is 0 Å². The van der Waals surface area contributed by atoms with Gasteiger partial charge in [-0.25, -0.2) is 8.78 Å². The predicted molar refractivity (Wildman–Crippen MR) is 71.0 cm³/mol. The van der Waals surface area contributed by atoms with Crippen molar-refractivity contribution in [3.8, 4) is 0 Å². The Kier molecular flexibility index (Phi) is 5.72. The third kappa shape index (κ3) is 3.07. The lowest BCUT2D eigenvalue weighted by Gasteiger charge is -2.33. The Balaban J connectivity index is 0.00000162. The molecule has 1 aliphatic heterocycles. The summed E-state index contributed by atoms with van der Waals surface area (Å²) in [6, 6.07) is 3.57. The fourth-order valence-electron chi connectivity index (χ4n) is 2.20. The van der Waals surface area contributed by atoms with E-state index in [-0.39, 0.29) is 18.0 Å². The molecule has 0 aliphatic carbocycles. The van der Waals surface area contributed by atoms with Gasteiger partial charge in [0, 0.05) is 31.7 Å². The van der Waals surface area contributed by atoms with E-state index in [1.54, 1.807) is 6.08 Å². The fraction of sp³-hybridized carbons (Fsp3) is 0.385. The molecule has 0 radical (unpaired) electrons. The van der Waals surface area contributed by atoms with E-state index in [1.807, 2.05) is 4.90 Å². The molecule has 1 N–H and O–H groups in total. The topological polar surface area (TPSA) is 15.3 Å². The smallest absolute Gasteiger partial charge is 0.131 e. The highest BCUT2D eigenvalue weighted by molar-refractivity contribution is 5.85. The average molecular weight is 275 g/mol. The summed E-state index contributed by atoms with van der Waals surface area (Å²) in [5, 5.41) is 3.21. The fourth-order valence-corrected chi connectivity index (χ4v) is 2.20. The Bertz CT molecular complexity index is 386. The van der Waals surface area contributed by atoms with Gasteiger partial charge in [0.25, 0.3) is 0 Å². The summed E-state index contributed by atoms with van der Waals surface area (Å²) < 4.78 is 27.4. The second-order valence-corrected chi connectivity index (χ2v) is 4.10. The summed E-state index contributed by atoms with van der Waals surface area (Å²) in [6.07, 6.45) is 1.60. The Morgan fingerprint density at radius 2 is 1.78 bits per heavy atom. The third-order valence-corrected chi connectivity index (χ3v) is 3.06. The molecule has 18 heavy (non-hydrogen) atoms. The first kappa shape index (κ1) is 15.1. The molecule has 0 aromatic heterocycles. The number of nitrogens with one attached hydrogen (secondary N) is 1. The molecule has 1 saturated heterocycles. The van der Waals surface area contributed by atoms with Gasteiger partial charge >= 0.3 is 0 Å². The van der Waals surface area contributed by atoms with Gasteiger partial charge in [0.2, 0.25) is 0 Å². The van der Waals surface area contributed by atoms with E-state index in [2.05, 4.69) is 11.9 Å². The summed E-state index contributed by atoms with van der Waals surface area (Å²) in [4.78, 5) is 2.03. The van der Waals surface area contributed by atoms with E-state index in [0.29, 0.717) is 0 Å². The molecule has 5 heteroatoms. The maximum Gasteiger partial charge on any atom is 0.131 e. The van der Waals surface area contributed by atoms with Gasteiger partial charge in [0.05, 0.1) is 6.04 Å². The molecule has 0 bridgehead atoms. The van der Waals surface area contributed by atoms with Crippen molar-refractivity contribution in [2.24, 2.45) is 0 Å². The van der Waals surface area contributed by atoms with Crippen molar-refractivity contribution in [1.82, 2.24) is 10.2 Å². The van der Waals surface area contributed by atoms with Crippen LogP contribution in [0.3, 0.4) is 0 Å². The Morgan fingerprint density at radius 1 is 1.22 bits per heavy atom. The highest BCUT2D eigenvalue weighted by atomic mass is 35.5. The van der Waals surface area contributed by atoms with Crippen molar-refractivity contribution < 1.29 is 8.78 Å². The maximum atomic E-state index is 13.7. The molecular weight excluding hydrogens is 258 g/mol. The van der Waals surface area contributed by atoms with Crippen molar-refractivity contribution in [3.05, 3.63) is 48.1 Å². The number of halogens is 3. The van der Waals surface area contributed by atoms with E-state index >= 15 is 0 Å². The molecule has 1 fully saturated rings. The largest absolute Gasteiger partial charge is 0.314 e. The molecule has 1 aromatic carbocycles. The van der Waals surface area contributed by atoms with Crippen molar-refractivity contribution in [2.75, 3.05) is 26.2 Å². The highest BCUT2D eigenvalue weighted by Gasteiger charge is 2.24. The number of benzene rings is 1. The summed E-state index contributed by atoms with van der Waals surface area (Å²) in [7, 11) is 0. The van der Waals surface area contributed by atoms with Crippen molar-refractivity contribution >= 4 is 12.4 Å². The Labute approximate surface area is 112 Å². The molecule has 1 heterocycles. The number of hydrogen-bond acceptors (Lipinski definition) is 2. The minimum absolute atomic E-state index is 0. The lowest BCUT2D eigenvalue weighted by Crippen LogP contribution is -2.45. The molecule has 2 rings (SSSR count). The molecule has 1 atom stereocenters. The first-order chi connectivity index (χ1) is 8.24. The van der Waals surface area contributed by atoms with Crippen molar-refractivity contribution in [1.29, 1.82) is 0 Å². The van der Waals surface area contributed by atoms with Crippen molar-refractivity contribution in [3.63, 3.8) is 0 Å². The van der Waals surface area contributed by atoms with Crippen LogP contribution < -0.4 is 5.32 Å². The van der Waals surface area contributed by atoms with Gasteiger partial charge in [-0.05, 0) is 12.1 Å². The average Bonchev–Trinajstić information content (AvgIpc) is 2.35. The quantitative estimate of drug-likeness (QED) is 0.852. The molecule has 0 unspecified atom stereocenters. The van der Waals surface area contributed by atoms with Crippen molar-refractivity contribution in [2.45, 2.75) is 6.04 Å². The minimum atomic E-state index is -0.506. The number of piperazine rings is 1. The van der Waals surface area contributed by atoms with Crippen LogP contribution in [0.1, 0.15) is 11.6 Å². The van der Waals surface area contributed by atoms with Crippen LogP contribution in [-0.4, -0.2) is 31.1 Å². The van der Waals surface area contributed by atoms with E-state index in [0.717, 1.165) is 26.2 Å². The summed E-state index contributed by atoms with van der Waals surface area (Å²) >= 11 is 0. The van der Waals surface area contributed by atoms with Gasteiger partial charge in [0.1, 0.15) is 11.6 Å². The highest BCUT2D eigenvalue weighted by Crippen LogP contribution is 2.27. The van der Waals surface area contributed by atoms with E-state index in [9.17, 15) is 8.78 Å². The first-order valence-corrected chi connectivity index (χ1v) is 5.75. The monoisotopic (exact) mass is 274 g/mol. The van der Waals surface area contributed by atoms with Gasteiger partial charge in [0.15, 0.2) is 0 Å². The zero-order valence-corrected chi connectivity index (χ0v) is 10.9. The molecule has 0 spiro atoms. The van der Waals surface area contributed by atoms with Gasteiger partial charge in [-0.1, -0.05) is 12.1 Å². The van der Waals surface area contributed by atoms with Crippen LogP contribution in [0.4, 0.5) is 8.78 Å². The van der Waals surface area contributed by atoms with Crippen LogP contribution in [0.15, 0.2) is 30.9 Å². The molecule has 100 valence electrons. The molecule has 0 amide bonds. The van der Waals surface area contributed by atoms with Crippen LogP contribution in [-0.2, 0) is 0 Å². The second-order valence-electron chi connectivity index (χ2n) is 4.10. The SMILES string of the molecule is C=C[C@@H](c1c(F)cccc1F)N1CCNCC1.Cl. The van der Waals surface area contributed by atoms with Crippen LogP contribution in [0.2, 0.25) is 0 Å². The second kappa shape index (κ2) is 6.83. The van der Waals surface area contributed by atoms with Crippen LogP contribution in [0.5, 0.6) is 0 Å². The number of nitrogens with zero attached hydrogens (tertiary/aromatic N) is 1. The third-order valence-electron chi connectivity index (χ3n) is 3.06. The summed E-state index contributed by atoms with van der Waals surface area (Å²) in [5.74, 6) is -1.01. The normalized spacial score (nSPS) is 17.9. The lowest BCUT2D eigenvalue weighted by atomic mass is 10.0. The lowest BCUT2D eigenvalue weighted by molar-refractivity contribution is 0.197. The molecular formula is C13H17ClF2N2. The van der Waals surface area contributed by atoms with Gasteiger partial charge in [-0.3, -0.25) is 4.90 Å². The van der Waals surface area contributed by atoms with Gasteiger partial charge in [-0.2, -0.15) is 0 Å². The predicted octanol–water partition coefficient (Wildman–Crippen LogP) is 2.52. The van der Waals surface area contributed by atoms with E-state index in [1.165, 1.54) is 18.2 Å². The number of rotatable bonds is 3. The zero-order chi connectivity index (χ0) is 12.3. The molecule has 1 aliphatic rings. The Hall–Kier alpha value is -0.970. The minimum Gasteiger partial charge on any atom is -0.314 e. The van der Waals surface area contributed by atoms with Crippen LogP contribution in [0.25, 0.3) is 0 Å². The molecule has 0 saturated carbocycles. The zero-order valence-electron chi connectivity index (χ0n) is 10.0. The summed E-state index contributed by atoms with van der Waals surface area (Å²) in [5.41, 5.74) is 0.101. The standard InChI is InChI=1S/C13H16F2N2.ClH/c1-2-12(17-8-6-16-7-9-17)13-10(14)4-3-5-11(13)15;/h2-5,12,16H,1,6-9H2;1H/t12-;/m0./s1. The summed E-state index contributed by atoms with van der Waals surface area (Å²) in [6.45, 7) is 6.90. The number of hydrogen-bond donors (Lipinski definition) is 1. The first-order valence-electron chi connectivity index (χ1n) is 5.75. The van der Waals surface area contributed by atoms with Crippen LogP contribution >= 0.6 is 12.4 Å². The van der Waals surface area contributed by atoms with Gasteiger partial charge < -0.3 is 5.32 Å².